The van der Waals surface area contributed by atoms with Crippen LogP contribution in [0.2, 0.25) is 0 Å². The Balaban J connectivity index is 2.07. The molecule has 2 atom stereocenters. The molecule has 7 heteroatoms. The van der Waals surface area contributed by atoms with Crippen LogP contribution in [0.4, 0.5) is 5.69 Å². The Kier molecular flexibility index (Phi) is 2.74. The summed E-state index contributed by atoms with van der Waals surface area (Å²) in [6.07, 6.45) is 4.41. The van der Waals surface area contributed by atoms with Crippen LogP contribution in [0.5, 0.6) is 5.75 Å². The number of Topliss-reactive ketones (excluding diaryl/α,β-unsaturated/α-hetero) is 1. The molecule has 3 rings (SSSR count). The predicted molar refractivity (Wildman–Crippen MR) is 68.8 cm³/mol. The van der Waals surface area contributed by atoms with Gasteiger partial charge in [-0.05, 0) is 13.0 Å². The van der Waals surface area contributed by atoms with E-state index < -0.39 is 11.0 Å². The number of benzene rings is 1. The summed E-state index contributed by atoms with van der Waals surface area (Å²) in [7, 11) is 0. The van der Waals surface area contributed by atoms with Crippen LogP contribution >= 0.6 is 0 Å². The molecule has 0 fully saturated rings. The van der Waals surface area contributed by atoms with Crippen LogP contribution < -0.4 is 4.74 Å². The maximum absolute atomic E-state index is 12.5. The van der Waals surface area contributed by atoms with Crippen LogP contribution in [0.15, 0.2) is 36.9 Å². The third-order valence-electron chi connectivity index (χ3n) is 3.31. The van der Waals surface area contributed by atoms with Gasteiger partial charge in [0.2, 0.25) is 0 Å². The molecule has 0 aliphatic carbocycles. The van der Waals surface area contributed by atoms with Gasteiger partial charge in [0.05, 0.1) is 16.8 Å². The monoisotopic (exact) mass is 273 g/mol. The van der Waals surface area contributed by atoms with Gasteiger partial charge in [0, 0.05) is 24.5 Å². The lowest BCUT2D eigenvalue weighted by atomic mass is 9.95. The van der Waals surface area contributed by atoms with E-state index in [0.717, 1.165) is 0 Å². The molecular formula is C13H11N3O4. The van der Waals surface area contributed by atoms with Crippen molar-refractivity contribution in [3.05, 3.63) is 52.6 Å². The molecule has 2 aromatic rings. The van der Waals surface area contributed by atoms with Crippen LogP contribution in [0.1, 0.15) is 23.3 Å². The number of hydrogen-bond acceptors (Lipinski definition) is 5. The Morgan fingerprint density at radius 3 is 2.90 bits per heavy atom. The van der Waals surface area contributed by atoms with E-state index in [4.69, 9.17) is 4.74 Å². The Bertz CT molecular complexity index is 681. The van der Waals surface area contributed by atoms with Gasteiger partial charge in [-0.2, -0.15) is 0 Å². The van der Waals surface area contributed by atoms with E-state index >= 15 is 0 Å². The maximum atomic E-state index is 12.5. The van der Waals surface area contributed by atoms with Gasteiger partial charge in [0.25, 0.3) is 5.69 Å². The molecule has 0 spiro atoms. The second-order valence-electron chi connectivity index (χ2n) is 4.58. The largest absolute Gasteiger partial charge is 0.487 e. The van der Waals surface area contributed by atoms with Gasteiger partial charge in [-0.3, -0.25) is 14.9 Å². The highest BCUT2D eigenvalue weighted by molar-refractivity contribution is 6.03. The van der Waals surface area contributed by atoms with E-state index in [-0.39, 0.29) is 23.1 Å². The summed E-state index contributed by atoms with van der Waals surface area (Å²) in [5, 5.41) is 10.8. The third kappa shape index (κ3) is 1.83. The molecule has 2 heterocycles. The molecule has 0 saturated heterocycles. The normalized spacial score (nSPS) is 21.1. The van der Waals surface area contributed by atoms with Gasteiger partial charge in [0.1, 0.15) is 17.9 Å². The fraction of sp³-hybridized carbons (Fsp3) is 0.231. The summed E-state index contributed by atoms with van der Waals surface area (Å²) < 4.78 is 7.33. The fourth-order valence-electron chi connectivity index (χ4n) is 2.38. The number of non-ortho nitro benzene ring substituents is 1. The molecule has 0 N–H and O–H groups in total. The Labute approximate surface area is 114 Å². The Morgan fingerprint density at radius 1 is 1.45 bits per heavy atom. The number of aromatic nitrogens is 2. The molecule has 0 saturated carbocycles. The predicted octanol–water partition coefficient (Wildman–Crippen LogP) is 2.00. The molecule has 1 aliphatic rings. The number of ketones is 1. The average molecular weight is 273 g/mol. The van der Waals surface area contributed by atoms with Crippen LogP contribution in [-0.4, -0.2) is 26.4 Å². The molecule has 1 aliphatic heterocycles. The van der Waals surface area contributed by atoms with Gasteiger partial charge < -0.3 is 9.30 Å². The molecule has 1 aromatic heterocycles. The first-order valence-corrected chi connectivity index (χ1v) is 6.04. The topological polar surface area (TPSA) is 87.3 Å². The SMILES string of the molecule is CC1Oc2ccc([N+](=O)[O-])cc2C(=O)C1n1ccnc1. The number of rotatable bonds is 2. The van der Waals surface area contributed by atoms with E-state index in [1.165, 1.54) is 24.5 Å². The molecular weight excluding hydrogens is 262 g/mol. The summed E-state index contributed by atoms with van der Waals surface area (Å²) in [6.45, 7) is 1.78. The number of nitro benzene ring substituents is 1. The van der Waals surface area contributed by atoms with Crippen molar-refractivity contribution in [1.82, 2.24) is 9.55 Å². The number of ether oxygens (including phenoxy) is 1. The number of carbonyl (C=O) groups is 1. The molecule has 0 bridgehead atoms. The first-order chi connectivity index (χ1) is 9.58. The zero-order valence-corrected chi connectivity index (χ0v) is 10.6. The quantitative estimate of drug-likeness (QED) is 0.616. The first-order valence-electron chi connectivity index (χ1n) is 6.04. The van der Waals surface area contributed by atoms with Crippen molar-refractivity contribution < 1.29 is 14.5 Å². The van der Waals surface area contributed by atoms with Gasteiger partial charge in [0.15, 0.2) is 5.78 Å². The number of hydrogen-bond donors (Lipinski definition) is 0. The van der Waals surface area contributed by atoms with Crippen molar-refractivity contribution in [3.63, 3.8) is 0 Å². The highest BCUT2D eigenvalue weighted by Crippen LogP contribution is 2.35. The molecule has 7 nitrogen and oxygen atoms in total. The third-order valence-corrected chi connectivity index (χ3v) is 3.31. The smallest absolute Gasteiger partial charge is 0.270 e. The number of imidazole rings is 1. The van der Waals surface area contributed by atoms with Gasteiger partial charge in [-0.15, -0.1) is 0 Å². The lowest BCUT2D eigenvalue weighted by Crippen LogP contribution is -2.37. The van der Waals surface area contributed by atoms with Crippen LogP contribution in [0.25, 0.3) is 0 Å². The first kappa shape index (κ1) is 12.3. The van der Waals surface area contributed by atoms with Crippen molar-refractivity contribution in [1.29, 1.82) is 0 Å². The zero-order valence-electron chi connectivity index (χ0n) is 10.6. The minimum Gasteiger partial charge on any atom is -0.487 e. The summed E-state index contributed by atoms with van der Waals surface area (Å²) in [5.41, 5.74) is 0.107. The maximum Gasteiger partial charge on any atom is 0.270 e. The van der Waals surface area contributed by atoms with E-state index in [0.29, 0.717) is 5.75 Å². The standard InChI is InChI=1S/C13H11N3O4/c1-8-12(15-5-4-14-7-15)13(17)10-6-9(16(18)19)2-3-11(10)20-8/h2-8,12H,1H3. The lowest BCUT2D eigenvalue weighted by molar-refractivity contribution is -0.384. The van der Waals surface area contributed by atoms with E-state index in [1.807, 2.05) is 0 Å². The second kappa shape index (κ2) is 4.44. The number of nitro groups is 1. The van der Waals surface area contributed by atoms with Crippen molar-refractivity contribution >= 4 is 11.5 Å². The zero-order chi connectivity index (χ0) is 14.3. The highest BCUT2D eigenvalue weighted by atomic mass is 16.6. The molecule has 2 unspecified atom stereocenters. The van der Waals surface area contributed by atoms with Crippen LogP contribution in [0, 0.1) is 10.1 Å². The highest BCUT2D eigenvalue weighted by Gasteiger charge is 2.36. The number of nitrogens with zero attached hydrogens (tertiary/aromatic N) is 3. The summed E-state index contributed by atoms with van der Waals surface area (Å²) in [5.74, 6) is 0.171. The summed E-state index contributed by atoms with van der Waals surface area (Å²) >= 11 is 0. The summed E-state index contributed by atoms with van der Waals surface area (Å²) in [6, 6.07) is 3.49. The molecule has 20 heavy (non-hydrogen) atoms. The molecule has 102 valence electrons. The molecule has 1 aromatic carbocycles. The lowest BCUT2D eigenvalue weighted by Gasteiger charge is -2.30. The van der Waals surface area contributed by atoms with Gasteiger partial charge in [-0.25, -0.2) is 4.98 Å². The fourth-order valence-corrected chi connectivity index (χ4v) is 2.38. The number of carbonyl (C=O) groups excluding carboxylic acids is 1. The minimum atomic E-state index is -0.563. The molecule has 0 amide bonds. The van der Waals surface area contributed by atoms with Crippen molar-refractivity contribution in [2.24, 2.45) is 0 Å². The summed E-state index contributed by atoms with van der Waals surface area (Å²) in [4.78, 5) is 26.7. The Hall–Kier alpha value is -2.70. The van der Waals surface area contributed by atoms with Crippen molar-refractivity contribution in [2.45, 2.75) is 19.1 Å². The molecule has 0 radical (unpaired) electrons. The van der Waals surface area contributed by atoms with Crippen LogP contribution in [-0.2, 0) is 0 Å². The van der Waals surface area contributed by atoms with Gasteiger partial charge in [-0.1, -0.05) is 0 Å². The minimum absolute atomic E-state index is 0.125. The number of fused-ring (bicyclic) bond motifs is 1. The average Bonchev–Trinajstić information content (AvgIpc) is 2.92. The van der Waals surface area contributed by atoms with E-state index in [9.17, 15) is 14.9 Å². The van der Waals surface area contributed by atoms with Crippen molar-refractivity contribution in [3.8, 4) is 5.75 Å². The van der Waals surface area contributed by atoms with Crippen molar-refractivity contribution in [2.75, 3.05) is 0 Å². The van der Waals surface area contributed by atoms with Gasteiger partial charge >= 0.3 is 0 Å². The second-order valence-corrected chi connectivity index (χ2v) is 4.58. The Morgan fingerprint density at radius 2 is 2.25 bits per heavy atom. The van der Waals surface area contributed by atoms with Crippen LogP contribution in [0.3, 0.4) is 0 Å². The van der Waals surface area contributed by atoms with E-state index in [1.54, 1.807) is 23.9 Å². The van der Waals surface area contributed by atoms with E-state index in [2.05, 4.69) is 4.98 Å².